The van der Waals surface area contributed by atoms with Gasteiger partial charge in [0.15, 0.2) is 6.79 Å². The van der Waals surface area contributed by atoms with Gasteiger partial charge >= 0.3 is 5.97 Å². The molecule has 0 amide bonds. The third-order valence-corrected chi connectivity index (χ3v) is 2.94. The van der Waals surface area contributed by atoms with Gasteiger partial charge in [-0.3, -0.25) is 0 Å². The van der Waals surface area contributed by atoms with Gasteiger partial charge in [0.2, 0.25) is 0 Å². The van der Waals surface area contributed by atoms with Crippen molar-refractivity contribution < 1.29 is 19.4 Å². The Morgan fingerprint density at radius 2 is 2.00 bits per heavy atom. The lowest BCUT2D eigenvalue weighted by atomic mass is 10.2. The van der Waals surface area contributed by atoms with Gasteiger partial charge in [0, 0.05) is 0 Å². The number of aromatic carboxylic acids is 1. The fraction of sp³-hybridized carbons (Fsp3) is 0.462. The minimum absolute atomic E-state index is 0.120. The van der Waals surface area contributed by atoms with Crippen LogP contribution in [0.4, 0.5) is 0 Å². The van der Waals surface area contributed by atoms with Gasteiger partial charge in [0.1, 0.15) is 11.3 Å². The molecule has 0 atom stereocenters. The van der Waals surface area contributed by atoms with E-state index in [9.17, 15) is 4.79 Å². The van der Waals surface area contributed by atoms with E-state index in [1.165, 1.54) is 18.9 Å². The summed E-state index contributed by atoms with van der Waals surface area (Å²) < 4.78 is 10.9. The van der Waals surface area contributed by atoms with Gasteiger partial charge < -0.3 is 14.6 Å². The first-order chi connectivity index (χ1) is 8.27. The summed E-state index contributed by atoms with van der Waals surface area (Å²) in [6, 6.07) is 6.58. The standard InChI is InChI=1S/C13H16O4/c14-13(15)11-7-3-4-8-12(11)17-9-16-10-5-1-2-6-10/h3-4,7-8,10H,1-2,5-6,9H2,(H,14,15). The van der Waals surface area contributed by atoms with Crippen molar-refractivity contribution in [3.63, 3.8) is 0 Å². The van der Waals surface area contributed by atoms with E-state index in [4.69, 9.17) is 14.6 Å². The largest absolute Gasteiger partial charge is 0.478 e. The average Bonchev–Trinajstić information content (AvgIpc) is 2.82. The number of benzene rings is 1. The van der Waals surface area contributed by atoms with Crippen molar-refractivity contribution in [3.05, 3.63) is 29.8 Å². The Morgan fingerprint density at radius 1 is 1.29 bits per heavy atom. The normalized spacial score (nSPS) is 16.0. The van der Waals surface area contributed by atoms with Crippen LogP contribution in [0.25, 0.3) is 0 Å². The van der Waals surface area contributed by atoms with Gasteiger partial charge in [-0.15, -0.1) is 0 Å². The van der Waals surface area contributed by atoms with Gasteiger partial charge in [-0.2, -0.15) is 0 Å². The first-order valence-corrected chi connectivity index (χ1v) is 5.84. The Bertz CT molecular complexity index is 383. The van der Waals surface area contributed by atoms with Crippen LogP contribution in [0.5, 0.6) is 5.75 Å². The van der Waals surface area contributed by atoms with E-state index >= 15 is 0 Å². The first-order valence-electron chi connectivity index (χ1n) is 5.84. The summed E-state index contributed by atoms with van der Waals surface area (Å²) in [6.07, 6.45) is 4.83. The van der Waals surface area contributed by atoms with Crippen LogP contribution >= 0.6 is 0 Å². The number of hydrogen-bond donors (Lipinski definition) is 1. The fourth-order valence-electron chi connectivity index (χ4n) is 2.02. The topological polar surface area (TPSA) is 55.8 Å². The van der Waals surface area contributed by atoms with Crippen molar-refractivity contribution in [2.45, 2.75) is 31.8 Å². The van der Waals surface area contributed by atoms with E-state index in [0.29, 0.717) is 5.75 Å². The van der Waals surface area contributed by atoms with Crippen molar-refractivity contribution in [1.29, 1.82) is 0 Å². The highest BCUT2D eigenvalue weighted by Crippen LogP contribution is 2.22. The van der Waals surface area contributed by atoms with Crippen LogP contribution in [0.15, 0.2) is 24.3 Å². The lowest BCUT2D eigenvalue weighted by Crippen LogP contribution is -2.13. The summed E-state index contributed by atoms with van der Waals surface area (Å²) in [5, 5.41) is 8.96. The number of carboxylic acid groups (broad SMARTS) is 1. The molecule has 0 heterocycles. The van der Waals surface area contributed by atoms with Gasteiger partial charge in [0.25, 0.3) is 0 Å². The predicted molar refractivity (Wildman–Crippen MR) is 62.2 cm³/mol. The van der Waals surface area contributed by atoms with E-state index in [0.717, 1.165) is 12.8 Å². The quantitative estimate of drug-likeness (QED) is 0.798. The van der Waals surface area contributed by atoms with Crippen LogP contribution in [-0.4, -0.2) is 24.0 Å². The lowest BCUT2D eigenvalue weighted by molar-refractivity contribution is -0.0328. The summed E-state index contributed by atoms with van der Waals surface area (Å²) in [4.78, 5) is 10.9. The van der Waals surface area contributed by atoms with Gasteiger partial charge in [-0.05, 0) is 25.0 Å². The molecule has 1 N–H and O–H groups in total. The average molecular weight is 236 g/mol. The number of para-hydroxylation sites is 1. The van der Waals surface area contributed by atoms with E-state index < -0.39 is 5.97 Å². The van der Waals surface area contributed by atoms with Crippen molar-refractivity contribution >= 4 is 5.97 Å². The number of carbonyl (C=O) groups is 1. The van der Waals surface area contributed by atoms with Crippen molar-refractivity contribution in [2.75, 3.05) is 6.79 Å². The molecule has 4 nitrogen and oxygen atoms in total. The van der Waals surface area contributed by atoms with Crippen LogP contribution < -0.4 is 4.74 Å². The number of ether oxygens (including phenoxy) is 2. The zero-order valence-electron chi connectivity index (χ0n) is 9.59. The molecule has 1 aliphatic carbocycles. The Kier molecular flexibility index (Phi) is 3.98. The van der Waals surface area contributed by atoms with Crippen molar-refractivity contribution in [2.24, 2.45) is 0 Å². The highest BCUT2D eigenvalue weighted by molar-refractivity contribution is 5.90. The summed E-state index contributed by atoms with van der Waals surface area (Å²) in [5.41, 5.74) is 0.169. The molecule has 0 aromatic heterocycles. The molecule has 2 rings (SSSR count). The van der Waals surface area contributed by atoms with Crippen molar-refractivity contribution in [3.8, 4) is 5.75 Å². The Morgan fingerprint density at radius 3 is 2.71 bits per heavy atom. The van der Waals surface area contributed by atoms with Crippen LogP contribution in [0.3, 0.4) is 0 Å². The summed E-state index contributed by atoms with van der Waals surface area (Å²) >= 11 is 0. The molecule has 92 valence electrons. The van der Waals surface area contributed by atoms with Crippen LogP contribution in [0, 0.1) is 0 Å². The van der Waals surface area contributed by atoms with Gasteiger partial charge in [-0.1, -0.05) is 25.0 Å². The summed E-state index contributed by atoms with van der Waals surface area (Å²) in [5.74, 6) is -0.625. The Labute approximate surface area is 100 Å². The third kappa shape index (κ3) is 3.20. The molecular weight excluding hydrogens is 220 g/mol. The van der Waals surface area contributed by atoms with E-state index in [1.54, 1.807) is 18.2 Å². The molecule has 4 heteroatoms. The summed E-state index contributed by atoms with van der Waals surface area (Å²) in [6.45, 7) is 0.120. The van der Waals surface area contributed by atoms with Gasteiger partial charge in [-0.25, -0.2) is 4.79 Å². The molecule has 0 saturated heterocycles. The fourth-order valence-corrected chi connectivity index (χ4v) is 2.02. The van der Waals surface area contributed by atoms with Crippen LogP contribution in [0.1, 0.15) is 36.0 Å². The number of rotatable bonds is 5. The lowest BCUT2D eigenvalue weighted by Gasteiger charge is -2.13. The maximum atomic E-state index is 10.9. The van der Waals surface area contributed by atoms with E-state index in [2.05, 4.69) is 0 Å². The zero-order chi connectivity index (χ0) is 12.1. The minimum Gasteiger partial charge on any atom is -0.478 e. The maximum Gasteiger partial charge on any atom is 0.339 e. The molecule has 1 aliphatic rings. The van der Waals surface area contributed by atoms with E-state index in [-0.39, 0.29) is 18.5 Å². The molecule has 1 fully saturated rings. The Balaban J connectivity index is 1.87. The second kappa shape index (κ2) is 5.68. The molecule has 0 aliphatic heterocycles. The van der Waals surface area contributed by atoms with E-state index in [1.807, 2.05) is 0 Å². The molecule has 0 spiro atoms. The zero-order valence-corrected chi connectivity index (χ0v) is 9.59. The van der Waals surface area contributed by atoms with Crippen molar-refractivity contribution in [1.82, 2.24) is 0 Å². The SMILES string of the molecule is O=C(O)c1ccccc1OCOC1CCCC1. The highest BCUT2D eigenvalue weighted by Gasteiger charge is 2.16. The molecule has 1 saturated carbocycles. The van der Waals surface area contributed by atoms with Gasteiger partial charge in [0.05, 0.1) is 6.10 Å². The molecular formula is C13H16O4. The molecule has 1 aromatic rings. The van der Waals surface area contributed by atoms with Crippen LogP contribution in [-0.2, 0) is 4.74 Å². The molecule has 17 heavy (non-hydrogen) atoms. The predicted octanol–water partition coefficient (Wildman–Crippen LogP) is 2.68. The molecule has 0 radical (unpaired) electrons. The second-order valence-electron chi connectivity index (χ2n) is 4.14. The highest BCUT2D eigenvalue weighted by atomic mass is 16.7. The summed E-state index contributed by atoms with van der Waals surface area (Å²) in [7, 11) is 0. The third-order valence-electron chi connectivity index (χ3n) is 2.94. The number of carboxylic acids is 1. The molecule has 1 aromatic carbocycles. The minimum atomic E-state index is -0.985. The van der Waals surface area contributed by atoms with Crippen LogP contribution in [0.2, 0.25) is 0 Å². The molecule has 0 bridgehead atoms. The smallest absolute Gasteiger partial charge is 0.339 e. The second-order valence-corrected chi connectivity index (χ2v) is 4.14. The first kappa shape index (κ1) is 11.9. The number of hydrogen-bond acceptors (Lipinski definition) is 3. The monoisotopic (exact) mass is 236 g/mol. The Hall–Kier alpha value is -1.55. The molecule has 0 unspecified atom stereocenters. The maximum absolute atomic E-state index is 10.9.